The molecule has 0 bridgehead atoms. The first-order valence-corrected chi connectivity index (χ1v) is 5.95. The van der Waals surface area contributed by atoms with Crippen LogP contribution in [0.15, 0.2) is 36.4 Å². The molecule has 2 rings (SSSR count). The minimum absolute atomic E-state index is 0.0206. The van der Waals surface area contributed by atoms with Crippen LogP contribution in [0.1, 0.15) is 0 Å². The van der Waals surface area contributed by atoms with Gasteiger partial charge >= 0.3 is 7.60 Å². The maximum Gasteiger partial charge on any atom is 0.356 e. The molecule has 0 fully saturated rings. The van der Waals surface area contributed by atoms with Crippen molar-refractivity contribution in [1.82, 2.24) is 0 Å². The van der Waals surface area contributed by atoms with E-state index in [2.05, 4.69) is 0 Å². The Morgan fingerprint density at radius 1 is 1.00 bits per heavy atom. The predicted octanol–water partition coefficient (Wildman–Crippen LogP) is 1.22. The van der Waals surface area contributed by atoms with Gasteiger partial charge in [0.15, 0.2) is 0 Å². The Bertz CT molecular complexity index is 562. The highest BCUT2D eigenvalue weighted by Gasteiger charge is 2.20. The van der Waals surface area contributed by atoms with Gasteiger partial charge < -0.3 is 15.5 Å². The van der Waals surface area contributed by atoms with Gasteiger partial charge in [0.25, 0.3) is 0 Å². The first-order valence-electron chi connectivity index (χ1n) is 4.33. The minimum Gasteiger partial charge on any atom is -0.398 e. The molecule has 0 saturated heterocycles. The Balaban J connectivity index is 2.90. The first-order chi connectivity index (χ1) is 7.00. The molecular formula is C10H10NO3P. The number of rotatable bonds is 1. The zero-order valence-electron chi connectivity index (χ0n) is 7.79. The van der Waals surface area contributed by atoms with Crippen LogP contribution in [0, 0.1) is 0 Å². The lowest BCUT2D eigenvalue weighted by Crippen LogP contribution is -2.06. The van der Waals surface area contributed by atoms with Gasteiger partial charge in [-0.2, -0.15) is 0 Å². The summed E-state index contributed by atoms with van der Waals surface area (Å²) in [5.41, 5.74) is 6.23. The monoisotopic (exact) mass is 223 g/mol. The van der Waals surface area contributed by atoms with E-state index in [1.165, 1.54) is 12.1 Å². The second-order valence-corrected chi connectivity index (χ2v) is 4.83. The fourth-order valence-electron chi connectivity index (χ4n) is 1.56. The van der Waals surface area contributed by atoms with Crippen LogP contribution >= 0.6 is 7.60 Å². The summed E-state index contributed by atoms with van der Waals surface area (Å²) >= 11 is 0. The van der Waals surface area contributed by atoms with E-state index < -0.39 is 7.60 Å². The maximum absolute atomic E-state index is 11.2. The van der Waals surface area contributed by atoms with Gasteiger partial charge in [0.1, 0.15) is 0 Å². The van der Waals surface area contributed by atoms with E-state index in [0.717, 1.165) is 0 Å². The van der Waals surface area contributed by atoms with Crippen molar-refractivity contribution in [2.75, 3.05) is 5.73 Å². The van der Waals surface area contributed by atoms with Crippen LogP contribution in [0.5, 0.6) is 0 Å². The number of nitrogens with two attached hydrogens (primary N) is 1. The zero-order chi connectivity index (χ0) is 11.1. The zero-order valence-corrected chi connectivity index (χ0v) is 8.69. The van der Waals surface area contributed by atoms with Crippen LogP contribution in [0.2, 0.25) is 0 Å². The molecule has 0 spiro atoms. The summed E-state index contributed by atoms with van der Waals surface area (Å²) in [5, 5.41) is 1.19. The second-order valence-electron chi connectivity index (χ2n) is 3.26. The normalized spacial score (nSPS) is 11.9. The number of benzene rings is 2. The molecule has 2 aromatic carbocycles. The number of hydrogen-bond donors (Lipinski definition) is 3. The number of nitrogen functional groups attached to an aromatic ring is 1. The van der Waals surface area contributed by atoms with Gasteiger partial charge in [-0.1, -0.05) is 24.3 Å². The maximum atomic E-state index is 11.2. The molecule has 4 nitrogen and oxygen atoms in total. The van der Waals surface area contributed by atoms with Crippen molar-refractivity contribution in [1.29, 1.82) is 0 Å². The average molecular weight is 223 g/mol. The molecule has 0 aliphatic rings. The van der Waals surface area contributed by atoms with Crippen LogP contribution in [-0.2, 0) is 4.57 Å². The third kappa shape index (κ3) is 1.75. The van der Waals surface area contributed by atoms with Crippen LogP contribution in [-0.4, -0.2) is 9.79 Å². The van der Waals surface area contributed by atoms with E-state index in [1.54, 1.807) is 24.3 Å². The van der Waals surface area contributed by atoms with Gasteiger partial charge in [0.05, 0.1) is 5.30 Å². The van der Waals surface area contributed by atoms with Gasteiger partial charge in [-0.3, -0.25) is 4.57 Å². The van der Waals surface area contributed by atoms with Crippen molar-refractivity contribution in [3.8, 4) is 0 Å². The van der Waals surface area contributed by atoms with Crippen molar-refractivity contribution in [2.45, 2.75) is 0 Å². The number of fused-ring (bicyclic) bond motifs is 1. The van der Waals surface area contributed by atoms with E-state index in [-0.39, 0.29) is 5.30 Å². The Morgan fingerprint density at radius 2 is 1.60 bits per heavy atom. The first kappa shape index (κ1) is 10.2. The highest BCUT2D eigenvalue weighted by Crippen LogP contribution is 2.37. The fraction of sp³-hybridized carbons (Fsp3) is 0. The molecular weight excluding hydrogens is 213 g/mol. The number of hydrogen-bond acceptors (Lipinski definition) is 2. The molecule has 0 aliphatic heterocycles. The van der Waals surface area contributed by atoms with Crippen molar-refractivity contribution >= 4 is 29.4 Å². The van der Waals surface area contributed by atoms with Gasteiger partial charge in [0.2, 0.25) is 0 Å². The summed E-state index contributed by atoms with van der Waals surface area (Å²) in [6.07, 6.45) is 0. The summed E-state index contributed by atoms with van der Waals surface area (Å²) in [4.78, 5) is 18.3. The summed E-state index contributed by atoms with van der Waals surface area (Å²) in [5.74, 6) is 0. The molecule has 0 aromatic heterocycles. The van der Waals surface area contributed by atoms with Crippen LogP contribution in [0.4, 0.5) is 5.69 Å². The smallest absolute Gasteiger partial charge is 0.356 e. The lowest BCUT2D eigenvalue weighted by Gasteiger charge is -2.09. The fourth-order valence-corrected chi connectivity index (χ4v) is 2.34. The predicted molar refractivity (Wildman–Crippen MR) is 60.0 cm³/mol. The Morgan fingerprint density at radius 3 is 2.20 bits per heavy atom. The molecule has 0 radical (unpaired) electrons. The summed E-state index contributed by atoms with van der Waals surface area (Å²) in [7, 11) is -4.24. The summed E-state index contributed by atoms with van der Waals surface area (Å²) in [6, 6.07) is 9.78. The van der Waals surface area contributed by atoms with Gasteiger partial charge in [-0.05, 0) is 17.5 Å². The topological polar surface area (TPSA) is 83.6 Å². The lowest BCUT2D eigenvalue weighted by atomic mass is 10.1. The van der Waals surface area contributed by atoms with Crippen molar-refractivity contribution in [2.24, 2.45) is 0 Å². The molecule has 0 heterocycles. The van der Waals surface area contributed by atoms with Crippen LogP contribution < -0.4 is 11.0 Å². The van der Waals surface area contributed by atoms with Crippen molar-refractivity contribution < 1.29 is 14.4 Å². The Labute approximate surface area is 86.5 Å². The van der Waals surface area contributed by atoms with E-state index in [1.807, 2.05) is 0 Å². The third-order valence-electron chi connectivity index (χ3n) is 2.25. The molecule has 78 valence electrons. The van der Waals surface area contributed by atoms with E-state index >= 15 is 0 Å². The molecule has 0 amide bonds. The van der Waals surface area contributed by atoms with Gasteiger partial charge in [0, 0.05) is 11.1 Å². The SMILES string of the molecule is Nc1ccc(P(=O)(O)O)c2ccccc12. The molecule has 2 aromatic rings. The lowest BCUT2D eigenvalue weighted by molar-refractivity contribution is 0.388. The minimum atomic E-state index is -4.24. The molecule has 0 atom stereocenters. The standard InChI is InChI=1S/C10H10NO3P/c11-9-5-6-10(15(12,13)14)8-4-2-1-3-7(8)9/h1-6H,11H2,(H2,12,13,14). The Kier molecular flexibility index (Phi) is 2.27. The van der Waals surface area contributed by atoms with Gasteiger partial charge in [-0.15, -0.1) is 0 Å². The highest BCUT2D eigenvalue weighted by molar-refractivity contribution is 7.60. The summed E-state index contributed by atoms with van der Waals surface area (Å²) in [6.45, 7) is 0. The highest BCUT2D eigenvalue weighted by atomic mass is 31.2. The molecule has 0 saturated carbocycles. The Hall–Kier alpha value is -1.35. The van der Waals surface area contributed by atoms with E-state index in [9.17, 15) is 4.57 Å². The van der Waals surface area contributed by atoms with Crippen LogP contribution in [0.25, 0.3) is 10.8 Å². The molecule has 5 heteroatoms. The molecule has 0 unspecified atom stereocenters. The third-order valence-corrected chi connectivity index (χ3v) is 3.27. The molecule has 4 N–H and O–H groups in total. The van der Waals surface area contributed by atoms with E-state index in [4.69, 9.17) is 15.5 Å². The molecule has 0 aliphatic carbocycles. The van der Waals surface area contributed by atoms with E-state index in [0.29, 0.717) is 16.5 Å². The van der Waals surface area contributed by atoms with Crippen molar-refractivity contribution in [3.05, 3.63) is 36.4 Å². The van der Waals surface area contributed by atoms with Crippen LogP contribution in [0.3, 0.4) is 0 Å². The van der Waals surface area contributed by atoms with Crippen molar-refractivity contribution in [3.63, 3.8) is 0 Å². The summed E-state index contributed by atoms with van der Waals surface area (Å²) < 4.78 is 11.2. The average Bonchev–Trinajstić information content (AvgIpc) is 2.17. The number of anilines is 1. The second kappa shape index (κ2) is 3.35. The largest absolute Gasteiger partial charge is 0.398 e. The molecule has 15 heavy (non-hydrogen) atoms. The quantitative estimate of drug-likeness (QED) is 0.501. The van der Waals surface area contributed by atoms with Gasteiger partial charge in [-0.25, -0.2) is 0 Å².